The summed E-state index contributed by atoms with van der Waals surface area (Å²) in [7, 11) is 5.96. The van der Waals surface area contributed by atoms with Gasteiger partial charge in [0.25, 0.3) is 0 Å². The Bertz CT molecular complexity index is 1230. The van der Waals surface area contributed by atoms with Gasteiger partial charge in [-0.2, -0.15) is 0 Å². The van der Waals surface area contributed by atoms with Crippen molar-refractivity contribution in [2.45, 2.75) is 6.42 Å². The molecule has 0 N–H and O–H groups in total. The standard InChI is InChI=1S/C27H25ClFNO5/c1-32-24-15-18(16-25(33-2)27(24)35-4)6-5-17-13-21(29)26(34-3)22(14-17)30-12-11-23(31)19-7-9-20(28)10-8-19/h5-10,12-16H,11H2,1-4H3/b6-5-,30-12?. The zero-order valence-corrected chi connectivity index (χ0v) is 20.6. The first-order valence-electron chi connectivity index (χ1n) is 10.6. The van der Waals surface area contributed by atoms with Crippen molar-refractivity contribution in [1.29, 1.82) is 0 Å². The van der Waals surface area contributed by atoms with E-state index in [0.29, 0.717) is 33.4 Å². The van der Waals surface area contributed by atoms with Gasteiger partial charge in [0.1, 0.15) is 5.69 Å². The second kappa shape index (κ2) is 12.0. The van der Waals surface area contributed by atoms with Crippen molar-refractivity contribution in [1.82, 2.24) is 0 Å². The summed E-state index contributed by atoms with van der Waals surface area (Å²) in [5, 5.41) is 0.548. The minimum Gasteiger partial charge on any atom is -0.493 e. The number of Topliss-reactive ketones (excluding diaryl/α,β-unsaturated/α-hetero) is 1. The van der Waals surface area contributed by atoms with Crippen LogP contribution in [0.5, 0.6) is 23.0 Å². The Kier molecular flexibility index (Phi) is 8.86. The van der Waals surface area contributed by atoms with Gasteiger partial charge in [-0.05, 0) is 59.7 Å². The van der Waals surface area contributed by atoms with Gasteiger partial charge in [-0.25, -0.2) is 4.39 Å². The fourth-order valence-corrected chi connectivity index (χ4v) is 3.49. The zero-order valence-electron chi connectivity index (χ0n) is 19.8. The molecular formula is C27H25ClFNO5. The van der Waals surface area contributed by atoms with Crippen LogP contribution in [-0.4, -0.2) is 40.4 Å². The highest BCUT2D eigenvalue weighted by Crippen LogP contribution is 2.39. The molecule has 0 unspecified atom stereocenters. The maximum absolute atomic E-state index is 14.7. The number of carbonyl (C=O) groups is 1. The maximum atomic E-state index is 14.7. The van der Waals surface area contributed by atoms with Gasteiger partial charge >= 0.3 is 0 Å². The summed E-state index contributed by atoms with van der Waals surface area (Å²) in [6, 6.07) is 13.1. The first-order valence-corrected chi connectivity index (χ1v) is 10.9. The SMILES string of the molecule is COc1cc(/C=C\c2cc(F)c(OC)c(N=CCC(=O)c3ccc(Cl)cc3)c2)cc(OC)c1OC. The van der Waals surface area contributed by atoms with Gasteiger partial charge in [-0.15, -0.1) is 0 Å². The predicted octanol–water partition coefficient (Wildman–Crippen LogP) is 6.66. The zero-order chi connectivity index (χ0) is 25.4. The van der Waals surface area contributed by atoms with Crippen LogP contribution in [0.25, 0.3) is 12.2 Å². The molecule has 3 rings (SSSR count). The predicted molar refractivity (Wildman–Crippen MR) is 137 cm³/mol. The van der Waals surface area contributed by atoms with Crippen LogP contribution in [0.1, 0.15) is 27.9 Å². The fraction of sp³-hybridized carbons (Fsp3) is 0.185. The lowest BCUT2D eigenvalue weighted by Gasteiger charge is -2.13. The Hall–Kier alpha value is -3.84. The molecule has 3 aromatic carbocycles. The van der Waals surface area contributed by atoms with E-state index in [2.05, 4.69) is 4.99 Å². The number of carbonyl (C=O) groups excluding carboxylic acids is 1. The lowest BCUT2D eigenvalue weighted by molar-refractivity contribution is 0.100. The number of aliphatic imine (C=N–C) groups is 1. The van der Waals surface area contributed by atoms with E-state index in [1.54, 1.807) is 54.6 Å². The summed E-state index contributed by atoms with van der Waals surface area (Å²) in [4.78, 5) is 16.7. The van der Waals surface area contributed by atoms with Crippen molar-refractivity contribution in [3.8, 4) is 23.0 Å². The van der Waals surface area contributed by atoms with Crippen LogP contribution in [0.15, 0.2) is 53.5 Å². The van der Waals surface area contributed by atoms with Crippen LogP contribution in [0, 0.1) is 5.82 Å². The largest absolute Gasteiger partial charge is 0.493 e. The quantitative estimate of drug-likeness (QED) is 0.178. The van der Waals surface area contributed by atoms with E-state index in [-0.39, 0.29) is 23.6 Å². The van der Waals surface area contributed by atoms with Crippen LogP contribution in [-0.2, 0) is 0 Å². The van der Waals surface area contributed by atoms with Gasteiger partial charge < -0.3 is 18.9 Å². The molecule has 0 radical (unpaired) electrons. The molecule has 0 aromatic heterocycles. The number of methoxy groups -OCH3 is 4. The number of hydrogen-bond acceptors (Lipinski definition) is 6. The first-order chi connectivity index (χ1) is 16.9. The lowest BCUT2D eigenvalue weighted by Crippen LogP contribution is -1.99. The molecule has 0 saturated carbocycles. The second-order valence-corrected chi connectivity index (χ2v) is 7.73. The molecular weight excluding hydrogens is 473 g/mol. The summed E-state index contributed by atoms with van der Waals surface area (Å²) in [5.41, 5.74) is 2.09. The minimum atomic E-state index is -0.573. The molecule has 8 heteroatoms. The van der Waals surface area contributed by atoms with Gasteiger partial charge in [-0.1, -0.05) is 23.8 Å². The first kappa shape index (κ1) is 25.8. The fourth-order valence-electron chi connectivity index (χ4n) is 3.36. The number of halogens is 2. The molecule has 0 amide bonds. The Balaban J connectivity index is 1.85. The molecule has 35 heavy (non-hydrogen) atoms. The molecule has 3 aromatic rings. The van der Waals surface area contributed by atoms with Crippen LogP contribution in [0.3, 0.4) is 0 Å². The van der Waals surface area contributed by atoms with Gasteiger partial charge in [0.15, 0.2) is 28.8 Å². The molecule has 6 nitrogen and oxygen atoms in total. The normalized spacial score (nSPS) is 11.1. The van der Waals surface area contributed by atoms with Crippen molar-refractivity contribution in [3.63, 3.8) is 0 Å². The van der Waals surface area contributed by atoms with Crippen LogP contribution >= 0.6 is 11.6 Å². The summed E-state index contributed by atoms with van der Waals surface area (Å²) in [5.74, 6) is 0.766. The van der Waals surface area contributed by atoms with Gasteiger partial charge in [-0.3, -0.25) is 9.79 Å². The Labute approximate surface area is 208 Å². The molecule has 0 bridgehead atoms. The molecule has 182 valence electrons. The highest BCUT2D eigenvalue weighted by molar-refractivity contribution is 6.30. The minimum absolute atomic E-state index is 0.00914. The second-order valence-electron chi connectivity index (χ2n) is 7.29. The third-order valence-corrected chi connectivity index (χ3v) is 5.33. The Morgan fingerprint density at radius 2 is 1.43 bits per heavy atom. The van der Waals surface area contributed by atoms with E-state index in [4.69, 9.17) is 30.5 Å². The van der Waals surface area contributed by atoms with E-state index in [0.717, 1.165) is 5.56 Å². The van der Waals surface area contributed by atoms with E-state index in [9.17, 15) is 9.18 Å². The van der Waals surface area contributed by atoms with Gasteiger partial charge in [0, 0.05) is 23.2 Å². The highest BCUT2D eigenvalue weighted by Gasteiger charge is 2.13. The smallest absolute Gasteiger partial charge is 0.203 e. The number of ether oxygens (including phenoxy) is 4. The summed E-state index contributed by atoms with van der Waals surface area (Å²) >= 11 is 5.86. The van der Waals surface area contributed by atoms with Crippen molar-refractivity contribution in [3.05, 3.63) is 76.1 Å². The van der Waals surface area contributed by atoms with E-state index in [1.165, 1.54) is 40.7 Å². The van der Waals surface area contributed by atoms with Crippen LogP contribution < -0.4 is 18.9 Å². The van der Waals surface area contributed by atoms with E-state index < -0.39 is 5.82 Å². The summed E-state index contributed by atoms with van der Waals surface area (Å²) in [6.45, 7) is 0. The molecule has 0 aliphatic heterocycles. The number of benzene rings is 3. The van der Waals surface area contributed by atoms with Crippen LogP contribution in [0.4, 0.5) is 10.1 Å². The Morgan fingerprint density at radius 3 is 1.97 bits per heavy atom. The third kappa shape index (κ3) is 6.39. The molecule has 0 saturated heterocycles. The lowest BCUT2D eigenvalue weighted by atomic mass is 10.1. The molecule has 0 aliphatic carbocycles. The van der Waals surface area contributed by atoms with Crippen molar-refractivity contribution in [2.24, 2.45) is 4.99 Å². The van der Waals surface area contributed by atoms with Crippen molar-refractivity contribution in [2.75, 3.05) is 28.4 Å². The number of rotatable bonds is 10. The number of ketones is 1. The summed E-state index contributed by atoms with van der Waals surface area (Å²) in [6.07, 6.45) is 4.98. The van der Waals surface area contributed by atoms with Crippen molar-refractivity contribution < 1.29 is 28.1 Å². The topological polar surface area (TPSA) is 66.4 Å². The maximum Gasteiger partial charge on any atom is 0.203 e. The van der Waals surface area contributed by atoms with Crippen molar-refractivity contribution >= 4 is 41.4 Å². The molecule has 0 heterocycles. The number of nitrogens with zero attached hydrogens (tertiary/aromatic N) is 1. The van der Waals surface area contributed by atoms with Crippen LogP contribution in [0.2, 0.25) is 5.02 Å². The van der Waals surface area contributed by atoms with Gasteiger partial charge in [0.2, 0.25) is 5.75 Å². The van der Waals surface area contributed by atoms with E-state index in [1.807, 2.05) is 0 Å². The molecule has 0 atom stereocenters. The molecule has 0 spiro atoms. The van der Waals surface area contributed by atoms with E-state index >= 15 is 0 Å². The Morgan fingerprint density at radius 1 is 0.857 bits per heavy atom. The average molecular weight is 498 g/mol. The highest BCUT2D eigenvalue weighted by atomic mass is 35.5. The molecule has 0 fully saturated rings. The third-order valence-electron chi connectivity index (χ3n) is 5.08. The number of hydrogen-bond donors (Lipinski definition) is 0. The van der Waals surface area contributed by atoms with Gasteiger partial charge in [0.05, 0.1) is 28.4 Å². The summed E-state index contributed by atoms with van der Waals surface area (Å²) < 4.78 is 36.0. The molecule has 0 aliphatic rings. The average Bonchev–Trinajstić information content (AvgIpc) is 2.86. The monoisotopic (exact) mass is 497 g/mol.